The summed E-state index contributed by atoms with van der Waals surface area (Å²) >= 11 is 1.64. The number of para-hydroxylation sites is 2. The predicted octanol–water partition coefficient (Wildman–Crippen LogP) is 2.57. The van der Waals surface area contributed by atoms with Crippen molar-refractivity contribution < 1.29 is 4.79 Å². The molecular formula is C17H24N4OS. The van der Waals surface area contributed by atoms with Crippen LogP contribution >= 0.6 is 11.8 Å². The molecule has 0 radical (unpaired) electrons. The third kappa shape index (κ3) is 3.53. The van der Waals surface area contributed by atoms with Gasteiger partial charge in [-0.15, -0.1) is 11.8 Å². The summed E-state index contributed by atoms with van der Waals surface area (Å²) in [6.07, 6.45) is 0. The Morgan fingerprint density at radius 3 is 3.00 bits per heavy atom. The molecule has 2 N–H and O–H groups in total. The van der Waals surface area contributed by atoms with E-state index in [0.717, 1.165) is 29.9 Å². The number of amides is 1. The molecule has 0 bridgehead atoms. The van der Waals surface area contributed by atoms with Gasteiger partial charge >= 0.3 is 0 Å². The highest BCUT2D eigenvalue weighted by Gasteiger charge is 2.28. The molecule has 3 atom stereocenters. The zero-order valence-corrected chi connectivity index (χ0v) is 14.7. The number of rotatable bonds is 4. The summed E-state index contributed by atoms with van der Waals surface area (Å²) in [6, 6.07) is 8.61. The number of fused-ring (bicyclic) bond motifs is 1. The summed E-state index contributed by atoms with van der Waals surface area (Å²) < 4.78 is 0. The summed E-state index contributed by atoms with van der Waals surface area (Å²) in [5.41, 5.74) is 2.02. The molecule has 2 aromatic rings. The molecule has 1 aromatic carbocycles. The Kier molecular flexibility index (Phi) is 4.92. The number of hydrogen-bond donors (Lipinski definition) is 2. The Balaban J connectivity index is 1.59. The molecule has 1 aliphatic rings. The van der Waals surface area contributed by atoms with Gasteiger partial charge in [-0.3, -0.25) is 4.79 Å². The van der Waals surface area contributed by atoms with Crippen LogP contribution in [0.3, 0.4) is 0 Å². The fraction of sp³-hybridized carbons (Fsp3) is 0.529. The largest absolute Gasteiger partial charge is 0.341 e. The Bertz CT molecular complexity index is 653. The van der Waals surface area contributed by atoms with E-state index in [9.17, 15) is 4.79 Å². The maximum absolute atomic E-state index is 12.5. The number of piperazine rings is 1. The highest BCUT2D eigenvalue weighted by molar-refractivity contribution is 8.00. The van der Waals surface area contributed by atoms with Crippen molar-refractivity contribution >= 4 is 28.7 Å². The highest BCUT2D eigenvalue weighted by atomic mass is 32.2. The first-order valence-electron chi connectivity index (χ1n) is 8.15. The Labute approximate surface area is 141 Å². The molecule has 124 valence electrons. The van der Waals surface area contributed by atoms with E-state index in [1.54, 1.807) is 11.8 Å². The number of aromatic amines is 1. The molecule has 1 saturated heterocycles. The van der Waals surface area contributed by atoms with Crippen molar-refractivity contribution in [2.45, 2.75) is 38.1 Å². The Hall–Kier alpha value is -1.53. The van der Waals surface area contributed by atoms with Crippen molar-refractivity contribution in [3.8, 4) is 0 Å². The molecule has 1 amide bonds. The second-order valence-electron chi connectivity index (χ2n) is 6.16. The first kappa shape index (κ1) is 16.3. The van der Waals surface area contributed by atoms with E-state index in [1.165, 1.54) is 0 Å². The molecular weight excluding hydrogens is 308 g/mol. The smallest absolute Gasteiger partial charge is 0.232 e. The molecule has 0 spiro atoms. The summed E-state index contributed by atoms with van der Waals surface area (Å²) in [6.45, 7) is 8.01. The van der Waals surface area contributed by atoms with Gasteiger partial charge in [0.15, 0.2) is 0 Å². The molecule has 1 aliphatic heterocycles. The quantitative estimate of drug-likeness (QED) is 0.903. The van der Waals surface area contributed by atoms with Gasteiger partial charge in [0.25, 0.3) is 0 Å². The number of aromatic nitrogens is 2. The van der Waals surface area contributed by atoms with Gasteiger partial charge in [-0.2, -0.15) is 0 Å². The number of thioether (sulfide) groups is 1. The lowest BCUT2D eigenvalue weighted by molar-refractivity contribution is -0.131. The van der Waals surface area contributed by atoms with E-state index < -0.39 is 0 Å². The SMILES string of the molecule is CC(SCC(=O)N1CCNC(C)C1C)c1nc2ccccc2[nH]1. The number of carbonyl (C=O) groups excluding carboxylic acids is 1. The minimum Gasteiger partial charge on any atom is -0.341 e. The summed E-state index contributed by atoms with van der Waals surface area (Å²) in [5.74, 6) is 1.65. The molecule has 3 unspecified atom stereocenters. The van der Waals surface area contributed by atoms with Crippen LogP contribution in [0, 0.1) is 0 Å². The van der Waals surface area contributed by atoms with Gasteiger partial charge in [0.05, 0.1) is 22.0 Å². The molecule has 2 heterocycles. The average molecular weight is 332 g/mol. The number of nitrogens with one attached hydrogen (secondary N) is 2. The number of nitrogens with zero attached hydrogens (tertiary/aromatic N) is 2. The molecule has 23 heavy (non-hydrogen) atoms. The summed E-state index contributed by atoms with van der Waals surface area (Å²) in [4.78, 5) is 22.5. The van der Waals surface area contributed by atoms with Crippen LogP contribution in [0.15, 0.2) is 24.3 Å². The predicted molar refractivity (Wildman–Crippen MR) is 95.6 cm³/mol. The number of imidazole rings is 1. The molecule has 1 aromatic heterocycles. The van der Waals surface area contributed by atoms with Crippen LogP contribution in [-0.2, 0) is 4.79 Å². The standard InChI is InChI=1S/C17H24N4OS/c1-11-12(2)21(9-8-18-11)16(22)10-23-13(3)17-19-14-6-4-5-7-15(14)20-17/h4-7,11-13,18H,8-10H2,1-3H3,(H,19,20). The van der Waals surface area contributed by atoms with Crippen LogP contribution in [0.4, 0.5) is 0 Å². The van der Waals surface area contributed by atoms with E-state index in [-0.39, 0.29) is 17.2 Å². The van der Waals surface area contributed by atoms with Gasteiger partial charge in [0.1, 0.15) is 5.82 Å². The molecule has 6 heteroatoms. The number of carbonyl (C=O) groups is 1. The maximum atomic E-state index is 12.5. The second-order valence-corrected chi connectivity index (χ2v) is 7.49. The van der Waals surface area contributed by atoms with E-state index in [2.05, 4.69) is 36.1 Å². The van der Waals surface area contributed by atoms with Crippen LogP contribution in [0.2, 0.25) is 0 Å². The minimum atomic E-state index is 0.169. The van der Waals surface area contributed by atoms with Crippen molar-refractivity contribution in [3.63, 3.8) is 0 Å². The average Bonchev–Trinajstić information content (AvgIpc) is 2.99. The third-order valence-corrected chi connectivity index (χ3v) is 5.74. The molecule has 5 nitrogen and oxygen atoms in total. The van der Waals surface area contributed by atoms with Gasteiger partial charge in [-0.1, -0.05) is 12.1 Å². The van der Waals surface area contributed by atoms with Gasteiger partial charge in [0, 0.05) is 25.2 Å². The summed E-state index contributed by atoms with van der Waals surface area (Å²) in [5, 5.41) is 3.58. The maximum Gasteiger partial charge on any atom is 0.232 e. The fourth-order valence-corrected chi connectivity index (χ4v) is 3.76. The lowest BCUT2D eigenvalue weighted by atomic mass is 10.1. The van der Waals surface area contributed by atoms with Gasteiger partial charge in [-0.25, -0.2) is 4.98 Å². The molecule has 3 rings (SSSR count). The van der Waals surface area contributed by atoms with Crippen molar-refractivity contribution in [1.29, 1.82) is 0 Å². The van der Waals surface area contributed by atoms with Crippen LogP contribution in [0.5, 0.6) is 0 Å². The lowest BCUT2D eigenvalue weighted by Crippen LogP contribution is -2.57. The van der Waals surface area contributed by atoms with Gasteiger partial charge < -0.3 is 15.2 Å². The monoisotopic (exact) mass is 332 g/mol. The normalized spacial score (nSPS) is 23.2. The van der Waals surface area contributed by atoms with E-state index in [1.807, 2.05) is 29.2 Å². The lowest BCUT2D eigenvalue weighted by Gasteiger charge is -2.38. The van der Waals surface area contributed by atoms with E-state index >= 15 is 0 Å². The highest BCUT2D eigenvalue weighted by Crippen LogP contribution is 2.28. The number of hydrogen-bond acceptors (Lipinski definition) is 4. The first-order valence-corrected chi connectivity index (χ1v) is 9.20. The molecule has 0 aliphatic carbocycles. The second kappa shape index (κ2) is 6.93. The number of benzene rings is 1. The zero-order chi connectivity index (χ0) is 16.4. The van der Waals surface area contributed by atoms with Crippen LogP contribution in [-0.4, -0.2) is 51.7 Å². The minimum absolute atomic E-state index is 0.169. The van der Waals surface area contributed by atoms with Crippen molar-refractivity contribution in [3.05, 3.63) is 30.1 Å². The van der Waals surface area contributed by atoms with Gasteiger partial charge in [0.2, 0.25) is 5.91 Å². The Morgan fingerprint density at radius 1 is 1.43 bits per heavy atom. The van der Waals surface area contributed by atoms with Gasteiger partial charge in [-0.05, 0) is 32.9 Å². The first-order chi connectivity index (χ1) is 11.1. The summed E-state index contributed by atoms with van der Waals surface area (Å²) in [7, 11) is 0. The van der Waals surface area contributed by atoms with Crippen LogP contribution in [0.1, 0.15) is 31.8 Å². The van der Waals surface area contributed by atoms with Crippen LogP contribution < -0.4 is 5.32 Å². The Morgan fingerprint density at radius 2 is 2.22 bits per heavy atom. The van der Waals surface area contributed by atoms with Crippen molar-refractivity contribution in [2.24, 2.45) is 0 Å². The van der Waals surface area contributed by atoms with E-state index in [4.69, 9.17) is 0 Å². The van der Waals surface area contributed by atoms with Crippen molar-refractivity contribution in [1.82, 2.24) is 20.2 Å². The van der Waals surface area contributed by atoms with E-state index in [0.29, 0.717) is 11.8 Å². The third-order valence-electron chi connectivity index (χ3n) is 4.60. The topological polar surface area (TPSA) is 61.0 Å². The molecule has 0 saturated carbocycles. The van der Waals surface area contributed by atoms with Crippen molar-refractivity contribution in [2.75, 3.05) is 18.8 Å². The van der Waals surface area contributed by atoms with Crippen LogP contribution in [0.25, 0.3) is 11.0 Å². The zero-order valence-electron chi connectivity index (χ0n) is 13.9. The number of H-pyrrole nitrogens is 1. The fourth-order valence-electron chi connectivity index (χ4n) is 2.93. The molecule has 1 fully saturated rings.